The summed E-state index contributed by atoms with van der Waals surface area (Å²) in [7, 11) is -2.14. The zero-order chi connectivity index (χ0) is 16.4. The summed E-state index contributed by atoms with van der Waals surface area (Å²) in [4.78, 5) is 11.8. The molecule has 0 aromatic heterocycles. The van der Waals surface area contributed by atoms with Crippen molar-refractivity contribution in [1.82, 2.24) is 4.72 Å². The van der Waals surface area contributed by atoms with E-state index in [1.54, 1.807) is 26.0 Å². The van der Waals surface area contributed by atoms with Gasteiger partial charge in [-0.15, -0.1) is 0 Å². The van der Waals surface area contributed by atoms with Gasteiger partial charge in [-0.05, 0) is 51.0 Å². The summed E-state index contributed by atoms with van der Waals surface area (Å²) >= 11 is 0. The topological polar surface area (TPSA) is 81.7 Å². The number of esters is 1. The Kier molecular flexibility index (Phi) is 4.77. The van der Waals surface area contributed by atoms with Crippen molar-refractivity contribution in [3.8, 4) is 5.75 Å². The van der Waals surface area contributed by atoms with Gasteiger partial charge in [-0.1, -0.05) is 0 Å². The first kappa shape index (κ1) is 16.8. The van der Waals surface area contributed by atoms with E-state index in [0.29, 0.717) is 5.75 Å². The fourth-order valence-electron chi connectivity index (χ4n) is 2.09. The number of nitrogens with one attached hydrogen (secondary N) is 1. The molecule has 7 heteroatoms. The van der Waals surface area contributed by atoms with E-state index in [9.17, 15) is 13.2 Å². The molecule has 2 rings (SSSR count). The third-order valence-electron chi connectivity index (χ3n) is 3.51. The largest absolute Gasteiger partial charge is 0.492 e. The highest BCUT2D eigenvalue weighted by Gasteiger charge is 2.52. The molecule has 0 spiro atoms. The number of sulfonamides is 1. The summed E-state index contributed by atoms with van der Waals surface area (Å²) in [5.41, 5.74) is -0.529. The van der Waals surface area contributed by atoms with Gasteiger partial charge in [-0.3, -0.25) is 4.79 Å². The number of ether oxygens (including phenoxy) is 2. The molecule has 1 aliphatic rings. The Labute approximate surface area is 130 Å². The molecule has 1 N–H and O–H groups in total. The van der Waals surface area contributed by atoms with Gasteiger partial charge in [0.15, 0.2) is 0 Å². The van der Waals surface area contributed by atoms with E-state index in [0.717, 1.165) is 12.8 Å². The number of hydrogen-bond acceptors (Lipinski definition) is 5. The number of carbonyl (C=O) groups is 1. The zero-order valence-electron chi connectivity index (χ0n) is 13.0. The second-order valence-electron chi connectivity index (χ2n) is 5.81. The maximum atomic E-state index is 12.0. The van der Waals surface area contributed by atoms with Crippen LogP contribution < -0.4 is 9.46 Å². The molecule has 6 nitrogen and oxygen atoms in total. The lowest BCUT2D eigenvalue weighted by molar-refractivity contribution is -0.148. The van der Waals surface area contributed by atoms with Gasteiger partial charge in [-0.25, -0.2) is 13.1 Å². The van der Waals surface area contributed by atoms with Gasteiger partial charge in [0, 0.05) is 6.04 Å². The van der Waals surface area contributed by atoms with Crippen molar-refractivity contribution in [2.45, 2.75) is 37.6 Å². The average molecular weight is 327 g/mol. The minimum atomic E-state index is -3.50. The lowest BCUT2D eigenvalue weighted by Crippen LogP contribution is -2.30. The molecule has 0 atom stereocenters. The first-order valence-corrected chi connectivity index (χ1v) is 8.61. The lowest BCUT2D eigenvalue weighted by Gasteiger charge is -2.14. The van der Waals surface area contributed by atoms with E-state index < -0.39 is 15.4 Å². The molecule has 1 aromatic rings. The van der Waals surface area contributed by atoms with Crippen LogP contribution in [0.5, 0.6) is 5.75 Å². The molecule has 0 aliphatic heterocycles. The third kappa shape index (κ3) is 3.78. The molecule has 0 bridgehead atoms. The number of hydrogen-bond donors (Lipinski definition) is 1. The highest BCUT2D eigenvalue weighted by atomic mass is 32.2. The Morgan fingerprint density at radius 2 is 1.86 bits per heavy atom. The molecule has 1 aromatic carbocycles. The summed E-state index contributed by atoms with van der Waals surface area (Å²) < 4.78 is 36.9. The maximum absolute atomic E-state index is 12.0. The number of benzene rings is 1. The van der Waals surface area contributed by atoms with Crippen molar-refractivity contribution in [1.29, 1.82) is 0 Å². The van der Waals surface area contributed by atoms with E-state index >= 15 is 0 Å². The van der Waals surface area contributed by atoms with Crippen LogP contribution in [0.2, 0.25) is 0 Å². The van der Waals surface area contributed by atoms with Gasteiger partial charge in [-0.2, -0.15) is 0 Å². The Morgan fingerprint density at radius 1 is 1.27 bits per heavy atom. The first-order chi connectivity index (χ1) is 10.3. The van der Waals surface area contributed by atoms with Crippen LogP contribution >= 0.6 is 0 Å². The van der Waals surface area contributed by atoms with Gasteiger partial charge < -0.3 is 9.47 Å². The standard InChI is InChI=1S/C15H21NO5S/c1-11(2)16-22(18,19)13-6-4-12(5-7-13)21-10-15(8-9-15)14(17)20-3/h4-7,11,16H,8-10H2,1-3H3. The van der Waals surface area contributed by atoms with Crippen LogP contribution in [0.4, 0.5) is 0 Å². The van der Waals surface area contributed by atoms with Crippen LogP contribution in [0.3, 0.4) is 0 Å². The predicted octanol–water partition coefficient (Wildman–Crippen LogP) is 1.71. The summed E-state index contributed by atoms with van der Waals surface area (Å²) in [6, 6.07) is 5.97. The molecule has 0 radical (unpaired) electrons. The van der Waals surface area contributed by atoms with Gasteiger partial charge in [0.1, 0.15) is 17.8 Å². The van der Waals surface area contributed by atoms with Crippen molar-refractivity contribution >= 4 is 16.0 Å². The number of carbonyl (C=O) groups excluding carboxylic acids is 1. The summed E-state index contributed by atoms with van der Waals surface area (Å²) in [5, 5.41) is 0. The summed E-state index contributed by atoms with van der Waals surface area (Å²) in [6.45, 7) is 3.77. The second-order valence-corrected chi connectivity index (χ2v) is 7.52. The first-order valence-electron chi connectivity index (χ1n) is 7.13. The van der Waals surface area contributed by atoms with E-state index in [1.165, 1.54) is 19.2 Å². The second kappa shape index (κ2) is 6.26. The van der Waals surface area contributed by atoms with E-state index in [2.05, 4.69) is 4.72 Å². The van der Waals surface area contributed by atoms with E-state index in [4.69, 9.17) is 9.47 Å². The predicted molar refractivity (Wildman–Crippen MR) is 81.1 cm³/mol. The molecule has 1 saturated carbocycles. The SMILES string of the molecule is COC(=O)C1(COc2ccc(S(=O)(=O)NC(C)C)cc2)CC1. The fourth-order valence-corrected chi connectivity index (χ4v) is 3.34. The molecule has 1 fully saturated rings. The Bertz CT molecular complexity index is 632. The molecular formula is C15H21NO5S. The van der Waals surface area contributed by atoms with Crippen molar-refractivity contribution in [2.24, 2.45) is 5.41 Å². The molecular weight excluding hydrogens is 306 g/mol. The molecule has 0 heterocycles. The Balaban J connectivity index is 2.00. The molecule has 0 saturated heterocycles. The number of rotatable bonds is 7. The smallest absolute Gasteiger partial charge is 0.315 e. The van der Waals surface area contributed by atoms with Crippen molar-refractivity contribution < 1.29 is 22.7 Å². The maximum Gasteiger partial charge on any atom is 0.315 e. The average Bonchev–Trinajstić information content (AvgIpc) is 3.24. The molecule has 0 amide bonds. The molecule has 122 valence electrons. The highest BCUT2D eigenvalue weighted by Crippen LogP contribution is 2.46. The van der Waals surface area contributed by atoms with Crippen molar-refractivity contribution in [3.05, 3.63) is 24.3 Å². The summed E-state index contributed by atoms with van der Waals surface area (Å²) in [5.74, 6) is 0.270. The molecule has 1 aliphatic carbocycles. The lowest BCUT2D eigenvalue weighted by atomic mass is 10.1. The fraction of sp³-hybridized carbons (Fsp3) is 0.533. The van der Waals surface area contributed by atoms with Gasteiger partial charge in [0.25, 0.3) is 0 Å². The highest BCUT2D eigenvalue weighted by molar-refractivity contribution is 7.89. The van der Waals surface area contributed by atoms with Crippen LogP contribution in [0.1, 0.15) is 26.7 Å². The van der Waals surface area contributed by atoms with Crippen LogP contribution in [0, 0.1) is 5.41 Å². The third-order valence-corrected chi connectivity index (χ3v) is 5.19. The number of methoxy groups -OCH3 is 1. The van der Waals surface area contributed by atoms with Crippen LogP contribution in [-0.2, 0) is 19.6 Å². The molecule has 22 heavy (non-hydrogen) atoms. The quantitative estimate of drug-likeness (QED) is 0.771. The Morgan fingerprint density at radius 3 is 2.32 bits per heavy atom. The minimum Gasteiger partial charge on any atom is -0.492 e. The summed E-state index contributed by atoms with van der Waals surface area (Å²) in [6.07, 6.45) is 1.51. The minimum absolute atomic E-state index is 0.171. The van der Waals surface area contributed by atoms with Crippen LogP contribution in [0.15, 0.2) is 29.2 Å². The van der Waals surface area contributed by atoms with Crippen molar-refractivity contribution in [2.75, 3.05) is 13.7 Å². The van der Waals surface area contributed by atoms with Gasteiger partial charge >= 0.3 is 5.97 Å². The van der Waals surface area contributed by atoms with Crippen LogP contribution in [0.25, 0.3) is 0 Å². The van der Waals surface area contributed by atoms with Crippen LogP contribution in [-0.4, -0.2) is 34.1 Å². The Hall–Kier alpha value is -1.60. The monoisotopic (exact) mass is 327 g/mol. The van der Waals surface area contributed by atoms with Crippen molar-refractivity contribution in [3.63, 3.8) is 0 Å². The normalized spacial score (nSPS) is 16.4. The van der Waals surface area contributed by atoms with E-state index in [-0.39, 0.29) is 23.5 Å². The van der Waals surface area contributed by atoms with Gasteiger partial charge in [0.05, 0.1) is 12.0 Å². The van der Waals surface area contributed by atoms with Gasteiger partial charge in [0.2, 0.25) is 10.0 Å². The molecule has 0 unspecified atom stereocenters. The zero-order valence-corrected chi connectivity index (χ0v) is 13.8. The van der Waals surface area contributed by atoms with E-state index in [1.807, 2.05) is 0 Å².